The molecule has 0 fully saturated rings. The normalized spacial score (nSPS) is 7.45. The van der Waals surface area contributed by atoms with Gasteiger partial charge in [-0.05, 0) is 0 Å². The number of hydrogen-bond acceptors (Lipinski definition) is 1. The van der Waals surface area contributed by atoms with Crippen LogP contribution in [0.15, 0.2) is 0 Å². The third-order valence-electron chi connectivity index (χ3n) is 3.86. The Morgan fingerprint density at radius 1 is 0.211 bits per heavy atom. The fraction of sp³-hybridized carbons (Fsp3) is 0. The predicted octanol–water partition coefficient (Wildman–Crippen LogP) is -13.4. The zero-order valence-corrected chi connectivity index (χ0v) is 22.6. The molecule has 0 aromatic heterocycles. The van der Waals surface area contributed by atoms with Crippen molar-refractivity contribution in [2.24, 2.45) is 0 Å². The molecule has 0 bridgehead atoms. The second kappa shape index (κ2) is 39.6. The van der Waals surface area contributed by atoms with Crippen LogP contribution in [0.5, 0.6) is 0 Å². The van der Waals surface area contributed by atoms with E-state index in [1.807, 2.05) is 221 Å². The molecule has 0 rings (SSSR count). The summed E-state index contributed by atoms with van der Waals surface area (Å²) in [4.78, 5) is 0. The van der Waals surface area contributed by atoms with E-state index in [0.29, 0.717) is 0 Å². The molecular formula is B37S. The van der Waals surface area contributed by atoms with Crippen molar-refractivity contribution in [1.29, 1.82) is 0 Å². The summed E-state index contributed by atoms with van der Waals surface area (Å²) in [5, 5.41) is 0. The number of hydrogen-bond donors (Lipinski definition) is 0. The molecule has 0 spiro atoms. The van der Waals surface area contributed by atoms with E-state index >= 15 is 0 Å². The summed E-state index contributed by atoms with van der Waals surface area (Å²) in [5.74, 6) is 0. The van der Waals surface area contributed by atoms with Gasteiger partial charge in [-0.15, -0.1) is 0 Å². The predicted molar refractivity (Wildman–Crippen MR) is 220 cm³/mol. The van der Waals surface area contributed by atoms with Gasteiger partial charge >= 0.3 is 260 Å². The van der Waals surface area contributed by atoms with Gasteiger partial charge in [-0.3, -0.25) is 0 Å². The monoisotopic (exact) mass is 439 g/mol. The van der Waals surface area contributed by atoms with Crippen molar-refractivity contribution in [2.75, 3.05) is 0 Å². The molecule has 0 amide bonds. The van der Waals surface area contributed by atoms with E-state index in [-0.39, 0.29) is 0 Å². The quantitative estimate of drug-likeness (QED) is 0.194. The average Bonchev–Trinajstić information content (AvgIpc) is 2.93. The SMILES string of the molecule is [B]=BB=BB=BB=BB=BB=BB=BB=BB=BB=BB=BB=BB=BB=BB=BB=BB=BB=BB=S. The van der Waals surface area contributed by atoms with Crippen molar-refractivity contribution >= 4 is 260 Å². The van der Waals surface area contributed by atoms with Crippen LogP contribution in [0, 0.1) is 0 Å². The molecule has 0 aromatic rings. The first-order chi connectivity index (χ1) is 18.9. The summed E-state index contributed by atoms with van der Waals surface area (Å²) >= 11 is 4.70. The molecule has 38 heteroatoms. The average molecular weight is 432 g/mol. The van der Waals surface area contributed by atoms with Gasteiger partial charge < -0.3 is 0 Å². The van der Waals surface area contributed by atoms with Crippen LogP contribution in [0.2, 0.25) is 0 Å². The molecule has 117 valence electrons. The molecule has 0 atom stereocenters. The van der Waals surface area contributed by atoms with Crippen LogP contribution in [0.3, 0.4) is 0 Å². The maximum atomic E-state index is 5.24. The van der Waals surface area contributed by atoms with Gasteiger partial charge in [-0.1, -0.05) is 0 Å². The maximum absolute atomic E-state index is 5.24. The second-order valence-electron chi connectivity index (χ2n) is 6.87. The Balaban J connectivity index is 4.01. The Hall–Kier alpha value is 2.62. The van der Waals surface area contributed by atoms with Crippen LogP contribution in [0.4, 0.5) is 0 Å². The molecule has 0 aromatic carbocycles. The van der Waals surface area contributed by atoms with E-state index in [2.05, 4.69) is 0 Å². The van der Waals surface area contributed by atoms with Crippen LogP contribution in [-0.4, -0.2) is 248 Å². The first-order valence-corrected chi connectivity index (χ1v) is 12.7. The van der Waals surface area contributed by atoms with Crippen molar-refractivity contribution in [3.8, 4) is 0 Å². The van der Waals surface area contributed by atoms with Crippen LogP contribution < -0.4 is 0 Å². The molecule has 0 aliphatic rings. The molecule has 0 saturated carbocycles. The van der Waals surface area contributed by atoms with Gasteiger partial charge in [0.05, 0.1) is 0 Å². The molecule has 0 N–H and O–H groups in total. The third-order valence-corrected chi connectivity index (χ3v) is 4.01. The Morgan fingerprint density at radius 2 is 0.342 bits per heavy atom. The van der Waals surface area contributed by atoms with E-state index in [1.54, 1.807) is 12.7 Å². The molecule has 0 aliphatic carbocycles. The Labute approximate surface area is 257 Å². The molecule has 0 heterocycles. The Kier molecular flexibility index (Phi) is 42.4. The standard InChI is InChI=1S/B37S/c1-2-3-4-5-6-7-8-9-10-11-12-13-14-15-16-17-18-19-20-21-22-23-24-25-26-27-28-29-30-31-32-33-34-35-36-37-38. The molecule has 0 nitrogen and oxygen atoms in total. The minimum atomic E-state index is 1.50. The summed E-state index contributed by atoms with van der Waals surface area (Å²) in [6, 6.07) is 1.58. The number of rotatable bonds is 18. The van der Waals surface area contributed by atoms with Gasteiger partial charge in [0.15, 0.2) is 0 Å². The molecule has 38 heavy (non-hydrogen) atoms. The van der Waals surface area contributed by atoms with Crippen LogP contribution in [-0.2, 0) is 0 Å². The van der Waals surface area contributed by atoms with Gasteiger partial charge in [0.1, 0.15) is 0 Å². The van der Waals surface area contributed by atoms with Crippen LogP contribution in [0.1, 0.15) is 0 Å². The van der Waals surface area contributed by atoms with Gasteiger partial charge in [-0.2, -0.15) is 0 Å². The fourth-order valence-corrected chi connectivity index (χ4v) is 2.25. The molecule has 0 aliphatic heterocycles. The molecule has 1 radical (unpaired) electrons. The Bertz CT molecular complexity index is 1030. The summed E-state index contributed by atoms with van der Waals surface area (Å²) in [7, 11) is 5.24. The molecular weight excluding hydrogens is 432 g/mol. The zero-order chi connectivity index (χ0) is 27.5. The fourth-order valence-electron chi connectivity index (χ4n) is 2.16. The van der Waals surface area contributed by atoms with Crippen LogP contribution >= 0.6 is 12.1 Å². The summed E-state index contributed by atoms with van der Waals surface area (Å²) in [5.41, 5.74) is 0. The van der Waals surface area contributed by atoms with Gasteiger partial charge in [-0.25, -0.2) is 0 Å². The zero-order valence-electron chi connectivity index (χ0n) is 21.8. The summed E-state index contributed by atoms with van der Waals surface area (Å²) in [6.07, 6.45) is 0. The third kappa shape index (κ3) is 38.6. The minimum absolute atomic E-state index is 1.50. The van der Waals surface area contributed by atoms with E-state index < -0.39 is 0 Å². The van der Waals surface area contributed by atoms with Crippen LogP contribution in [0.25, 0.3) is 0 Å². The van der Waals surface area contributed by atoms with Gasteiger partial charge in [0.25, 0.3) is 0 Å². The summed E-state index contributed by atoms with van der Waals surface area (Å²) in [6.45, 7) is 68.2. The Morgan fingerprint density at radius 3 is 0.474 bits per heavy atom. The topological polar surface area (TPSA) is 0 Å². The van der Waals surface area contributed by atoms with Crippen molar-refractivity contribution in [2.45, 2.75) is 0 Å². The van der Waals surface area contributed by atoms with Crippen molar-refractivity contribution in [3.63, 3.8) is 0 Å². The first-order valence-electron chi connectivity index (χ1n) is 12.2. The van der Waals surface area contributed by atoms with Crippen molar-refractivity contribution < 1.29 is 0 Å². The van der Waals surface area contributed by atoms with Gasteiger partial charge in [0, 0.05) is 0 Å². The van der Waals surface area contributed by atoms with E-state index in [9.17, 15) is 0 Å². The van der Waals surface area contributed by atoms with Crippen molar-refractivity contribution in [1.82, 2.24) is 0 Å². The van der Waals surface area contributed by atoms with Gasteiger partial charge in [0.2, 0.25) is 0 Å². The van der Waals surface area contributed by atoms with E-state index in [0.717, 1.165) is 0 Å². The van der Waals surface area contributed by atoms with E-state index in [1.165, 1.54) is 6.69 Å². The van der Waals surface area contributed by atoms with E-state index in [4.69, 9.17) is 19.4 Å². The molecule has 0 unspecified atom stereocenters. The molecule has 0 saturated heterocycles. The second-order valence-corrected chi connectivity index (χ2v) is 7.14. The summed E-state index contributed by atoms with van der Waals surface area (Å²) < 4.78 is 0. The van der Waals surface area contributed by atoms with Crippen molar-refractivity contribution in [3.05, 3.63) is 0 Å². The first kappa shape index (κ1) is 40.6.